The first-order valence-electron chi connectivity index (χ1n) is 7.28. The Kier molecular flexibility index (Phi) is 3.50. The SMILES string of the molecule is Cc1cc(N)cc(C(=O)c2ccc3c(c2)CCCC3)c1F. The second-order valence-electron chi connectivity index (χ2n) is 5.72. The van der Waals surface area contributed by atoms with Crippen molar-refractivity contribution < 1.29 is 9.18 Å². The van der Waals surface area contributed by atoms with Crippen molar-refractivity contribution in [2.45, 2.75) is 32.6 Å². The van der Waals surface area contributed by atoms with Crippen molar-refractivity contribution in [2.24, 2.45) is 0 Å². The summed E-state index contributed by atoms with van der Waals surface area (Å²) in [4.78, 5) is 12.6. The number of carbonyl (C=O) groups is 1. The van der Waals surface area contributed by atoms with Crippen LogP contribution < -0.4 is 5.73 Å². The van der Waals surface area contributed by atoms with E-state index in [-0.39, 0.29) is 11.3 Å². The zero-order valence-electron chi connectivity index (χ0n) is 12.1. The monoisotopic (exact) mass is 283 g/mol. The van der Waals surface area contributed by atoms with Gasteiger partial charge in [0.25, 0.3) is 0 Å². The van der Waals surface area contributed by atoms with E-state index < -0.39 is 5.82 Å². The number of hydrogen-bond donors (Lipinski definition) is 1. The lowest BCUT2D eigenvalue weighted by Crippen LogP contribution is -2.09. The molecule has 2 nitrogen and oxygen atoms in total. The van der Waals surface area contributed by atoms with Crippen molar-refractivity contribution in [1.82, 2.24) is 0 Å². The Bertz CT molecular complexity index is 721. The average Bonchev–Trinajstić information content (AvgIpc) is 2.49. The fraction of sp³-hybridized carbons (Fsp3) is 0.278. The normalized spacial score (nSPS) is 13.8. The standard InChI is InChI=1S/C18H18FNO/c1-11-8-15(20)10-16(17(11)19)18(21)14-7-6-12-4-2-3-5-13(12)9-14/h6-10H,2-5,20H2,1H3. The van der Waals surface area contributed by atoms with E-state index in [1.54, 1.807) is 19.1 Å². The molecule has 2 N–H and O–H groups in total. The first kappa shape index (κ1) is 13.8. The third kappa shape index (κ3) is 2.56. The molecule has 0 aromatic heterocycles. The molecule has 0 saturated carbocycles. The summed E-state index contributed by atoms with van der Waals surface area (Å²) in [5, 5.41) is 0. The number of nitrogens with two attached hydrogens (primary N) is 1. The molecule has 2 aromatic rings. The van der Waals surface area contributed by atoms with Crippen LogP contribution in [0.3, 0.4) is 0 Å². The Morgan fingerprint density at radius 3 is 2.57 bits per heavy atom. The molecule has 3 heteroatoms. The van der Waals surface area contributed by atoms with Crippen molar-refractivity contribution >= 4 is 11.5 Å². The van der Waals surface area contributed by atoms with Crippen LogP contribution in [0.4, 0.5) is 10.1 Å². The van der Waals surface area contributed by atoms with Crippen LogP contribution in [0.15, 0.2) is 30.3 Å². The number of hydrogen-bond acceptors (Lipinski definition) is 2. The predicted molar refractivity (Wildman–Crippen MR) is 82.1 cm³/mol. The zero-order valence-corrected chi connectivity index (χ0v) is 12.1. The van der Waals surface area contributed by atoms with Gasteiger partial charge in [-0.15, -0.1) is 0 Å². The highest BCUT2D eigenvalue weighted by molar-refractivity contribution is 6.09. The van der Waals surface area contributed by atoms with E-state index in [1.807, 2.05) is 12.1 Å². The second-order valence-corrected chi connectivity index (χ2v) is 5.72. The lowest BCUT2D eigenvalue weighted by Gasteiger charge is -2.16. The van der Waals surface area contributed by atoms with Crippen LogP contribution in [0.1, 0.15) is 45.5 Å². The van der Waals surface area contributed by atoms with E-state index in [0.717, 1.165) is 19.3 Å². The van der Waals surface area contributed by atoms with E-state index in [9.17, 15) is 9.18 Å². The molecule has 0 unspecified atom stereocenters. The smallest absolute Gasteiger partial charge is 0.196 e. The molecule has 0 amide bonds. The van der Waals surface area contributed by atoms with Gasteiger partial charge in [0, 0.05) is 11.3 Å². The summed E-state index contributed by atoms with van der Waals surface area (Å²) in [6.45, 7) is 1.62. The molecule has 0 bridgehead atoms. The van der Waals surface area contributed by atoms with E-state index >= 15 is 0 Å². The van der Waals surface area contributed by atoms with E-state index in [0.29, 0.717) is 16.8 Å². The Balaban J connectivity index is 2.03. The molecule has 21 heavy (non-hydrogen) atoms. The van der Waals surface area contributed by atoms with Crippen molar-refractivity contribution in [3.8, 4) is 0 Å². The molecule has 0 heterocycles. The molecular weight excluding hydrogens is 265 g/mol. The van der Waals surface area contributed by atoms with Crippen molar-refractivity contribution in [3.05, 3.63) is 64.0 Å². The fourth-order valence-electron chi connectivity index (χ4n) is 2.99. The van der Waals surface area contributed by atoms with Crippen LogP contribution >= 0.6 is 0 Å². The van der Waals surface area contributed by atoms with E-state index in [4.69, 9.17) is 5.73 Å². The minimum Gasteiger partial charge on any atom is -0.399 e. The number of aryl methyl sites for hydroxylation is 3. The highest BCUT2D eigenvalue weighted by atomic mass is 19.1. The van der Waals surface area contributed by atoms with Crippen LogP contribution in [0, 0.1) is 12.7 Å². The average molecular weight is 283 g/mol. The van der Waals surface area contributed by atoms with Crippen molar-refractivity contribution in [2.75, 3.05) is 5.73 Å². The first-order chi connectivity index (χ1) is 10.1. The minimum atomic E-state index is -0.480. The van der Waals surface area contributed by atoms with Crippen molar-refractivity contribution in [1.29, 1.82) is 0 Å². The van der Waals surface area contributed by atoms with Crippen molar-refractivity contribution in [3.63, 3.8) is 0 Å². The lowest BCUT2D eigenvalue weighted by atomic mass is 9.89. The maximum atomic E-state index is 14.2. The highest BCUT2D eigenvalue weighted by Gasteiger charge is 2.18. The van der Waals surface area contributed by atoms with Crippen LogP contribution in [0.2, 0.25) is 0 Å². The number of benzene rings is 2. The highest BCUT2D eigenvalue weighted by Crippen LogP contribution is 2.25. The molecule has 0 atom stereocenters. The van der Waals surface area contributed by atoms with E-state index in [1.165, 1.54) is 23.6 Å². The van der Waals surface area contributed by atoms with E-state index in [2.05, 4.69) is 0 Å². The largest absolute Gasteiger partial charge is 0.399 e. The molecule has 108 valence electrons. The maximum absolute atomic E-state index is 14.2. The molecule has 0 spiro atoms. The van der Waals surface area contributed by atoms with Crippen LogP contribution in [-0.2, 0) is 12.8 Å². The summed E-state index contributed by atoms with van der Waals surface area (Å²) in [7, 11) is 0. The number of ketones is 1. The summed E-state index contributed by atoms with van der Waals surface area (Å²) >= 11 is 0. The maximum Gasteiger partial charge on any atom is 0.196 e. The molecule has 1 aliphatic carbocycles. The molecule has 0 saturated heterocycles. The van der Waals surface area contributed by atoms with Crippen LogP contribution in [-0.4, -0.2) is 5.78 Å². The minimum absolute atomic E-state index is 0.0586. The quantitative estimate of drug-likeness (QED) is 0.672. The van der Waals surface area contributed by atoms with Gasteiger partial charge in [0.1, 0.15) is 5.82 Å². The molecule has 0 aliphatic heterocycles. The topological polar surface area (TPSA) is 43.1 Å². The number of fused-ring (bicyclic) bond motifs is 1. The summed E-state index contributed by atoms with van der Waals surface area (Å²) < 4.78 is 14.2. The first-order valence-corrected chi connectivity index (χ1v) is 7.28. The predicted octanol–water partition coefficient (Wildman–Crippen LogP) is 3.83. The molecular formula is C18H18FNO. The number of rotatable bonds is 2. The Hall–Kier alpha value is -2.16. The molecule has 2 aromatic carbocycles. The van der Waals surface area contributed by atoms with Gasteiger partial charge in [0.05, 0.1) is 5.56 Å². The Morgan fingerprint density at radius 1 is 1.10 bits per heavy atom. The summed E-state index contributed by atoms with van der Waals surface area (Å²) in [5.74, 6) is -0.775. The summed E-state index contributed by atoms with van der Waals surface area (Å²) in [6, 6.07) is 8.67. The molecule has 3 rings (SSSR count). The third-order valence-corrected chi connectivity index (χ3v) is 4.13. The number of nitrogen functional groups attached to an aromatic ring is 1. The molecule has 0 radical (unpaired) electrons. The number of halogens is 1. The van der Waals surface area contributed by atoms with Gasteiger partial charge in [-0.25, -0.2) is 4.39 Å². The summed E-state index contributed by atoms with van der Waals surface area (Å²) in [5.41, 5.74) is 9.67. The second kappa shape index (κ2) is 5.32. The third-order valence-electron chi connectivity index (χ3n) is 4.13. The molecule has 1 aliphatic rings. The van der Waals surface area contributed by atoms with Gasteiger partial charge < -0.3 is 5.73 Å². The fourth-order valence-corrected chi connectivity index (χ4v) is 2.99. The van der Waals surface area contributed by atoms with Gasteiger partial charge in [0.2, 0.25) is 0 Å². The Morgan fingerprint density at radius 2 is 1.81 bits per heavy atom. The van der Waals surface area contributed by atoms with Crippen LogP contribution in [0.25, 0.3) is 0 Å². The van der Waals surface area contributed by atoms with Gasteiger partial charge in [0.15, 0.2) is 5.78 Å². The van der Waals surface area contributed by atoms with Gasteiger partial charge in [-0.1, -0.05) is 12.1 Å². The number of anilines is 1. The molecule has 0 fully saturated rings. The van der Waals surface area contributed by atoms with Gasteiger partial charge in [-0.3, -0.25) is 4.79 Å². The van der Waals surface area contributed by atoms with Gasteiger partial charge in [-0.05, 0) is 67.5 Å². The van der Waals surface area contributed by atoms with Gasteiger partial charge >= 0.3 is 0 Å². The zero-order chi connectivity index (χ0) is 15.0. The summed E-state index contributed by atoms with van der Waals surface area (Å²) in [6.07, 6.45) is 4.41. The van der Waals surface area contributed by atoms with Gasteiger partial charge in [-0.2, -0.15) is 0 Å². The Labute approximate surface area is 123 Å². The number of carbonyl (C=O) groups excluding carboxylic acids is 1. The van der Waals surface area contributed by atoms with Crippen LogP contribution in [0.5, 0.6) is 0 Å². The lowest BCUT2D eigenvalue weighted by molar-refractivity contribution is 0.103.